The average Bonchev–Trinajstić information content (AvgIpc) is 3.51. The van der Waals surface area contributed by atoms with E-state index in [9.17, 15) is 14.4 Å². The van der Waals surface area contributed by atoms with Crippen LogP contribution in [0.3, 0.4) is 0 Å². The van der Waals surface area contributed by atoms with E-state index in [1.165, 1.54) is 0 Å². The molecule has 2 aromatic rings. The molecule has 2 aromatic carbocycles. The lowest BCUT2D eigenvalue weighted by molar-refractivity contribution is -0.116. The Balaban J connectivity index is 1.49. The maximum Gasteiger partial charge on any atom is 0.251 e. The SMILES string of the molecule is CCOc1ccc(C(=O)CCC(=O)Nc2cccc(C(=O)NC3CC3)c2)cc1. The number of amides is 2. The van der Waals surface area contributed by atoms with E-state index in [-0.39, 0.29) is 36.5 Å². The maximum atomic E-state index is 12.2. The molecule has 6 nitrogen and oxygen atoms in total. The monoisotopic (exact) mass is 380 g/mol. The Morgan fingerprint density at radius 1 is 1.00 bits per heavy atom. The van der Waals surface area contributed by atoms with Crippen molar-refractivity contribution < 1.29 is 19.1 Å². The van der Waals surface area contributed by atoms with Crippen LogP contribution in [0.25, 0.3) is 0 Å². The van der Waals surface area contributed by atoms with Crippen molar-refractivity contribution in [3.05, 3.63) is 59.7 Å². The number of nitrogens with one attached hydrogen (secondary N) is 2. The smallest absolute Gasteiger partial charge is 0.251 e. The van der Waals surface area contributed by atoms with E-state index in [1.807, 2.05) is 6.92 Å². The fourth-order valence-electron chi connectivity index (χ4n) is 2.73. The number of anilines is 1. The highest BCUT2D eigenvalue weighted by Crippen LogP contribution is 2.20. The molecule has 1 aliphatic carbocycles. The highest BCUT2D eigenvalue weighted by Gasteiger charge is 2.23. The number of hydrogen-bond acceptors (Lipinski definition) is 4. The second-order valence-corrected chi connectivity index (χ2v) is 6.76. The Kier molecular flexibility index (Phi) is 6.42. The summed E-state index contributed by atoms with van der Waals surface area (Å²) in [7, 11) is 0. The molecule has 1 saturated carbocycles. The van der Waals surface area contributed by atoms with E-state index in [2.05, 4.69) is 10.6 Å². The molecule has 0 aromatic heterocycles. The van der Waals surface area contributed by atoms with Crippen LogP contribution in [-0.2, 0) is 4.79 Å². The normalized spacial score (nSPS) is 12.9. The van der Waals surface area contributed by atoms with Gasteiger partial charge < -0.3 is 15.4 Å². The Morgan fingerprint density at radius 2 is 1.75 bits per heavy atom. The van der Waals surface area contributed by atoms with Crippen molar-refractivity contribution in [1.82, 2.24) is 5.32 Å². The van der Waals surface area contributed by atoms with E-state index in [4.69, 9.17) is 4.74 Å². The molecule has 0 bridgehead atoms. The lowest BCUT2D eigenvalue weighted by Crippen LogP contribution is -2.25. The highest BCUT2D eigenvalue weighted by atomic mass is 16.5. The third-order valence-electron chi connectivity index (χ3n) is 4.39. The van der Waals surface area contributed by atoms with Gasteiger partial charge in [-0.25, -0.2) is 0 Å². The predicted octanol–water partition coefficient (Wildman–Crippen LogP) is 3.58. The lowest BCUT2D eigenvalue weighted by Gasteiger charge is -2.08. The van der Waals surface area contributed by atoms with E-state index in [1.54, 1.807) is 48.5 Å². The Morgan fingerprint density at radius 3 is 2.43 bits per heavy atom. The van der Waals surface area contributed by atoms with Crippen LogP contribution in [-0.4, -0.2) is 30.2 Å². The standard InChI is InChI=1S/C22H24N2O4/c1-2-28-19-10-6-15(7-11-19)20(25)12-13-21(26)23-18-5-3-4-16(14-18)22(27)24-17-8-9-17/h3-7,10-11,14,17H,2,8-9,12-13H2,1H3,(H,23,26)(H,24,27). The first kappa shape index (κ1) is 19.6. The molecule has 0 radical (unpaired) electrons. The van der Waals surface area contributed by atoms with Gasteiger partial charge in [0, 0.05) is 35.7 Å². The summed E-state index contributed by atoms with van der Waals surface area (Å²) in [5.74, 6) is 0.210. The van der Waals surface area contributed by atoms with Gasteiger partial charge in [0.15, 0.2) is 5.78 Å². The number of carbonyl (C=O) groups excluding carboxylic acids is 3. The minimum Gasteiger partial charge on any atom is -0.494 e. The van der Waals surface area contributed by atoms with Crippen LogP contribution in [0, 0.1) is 0 Å². The molecule has 1 aliphatic rings. The molecule has 6 heteroatoms. The molecule has 146 valence electrons. The lowest BCUT2D eigenvalue weighted by atomic mass is 10.1. The number of rotatable bonds is 9. The van der Waals surface area contributed by atoms with Crippen molar-refractivity contribution in [3.8, 4) is 5.75 Å². The molecule has 1 fully saturated rings. The molecule has 0 aliphatic heterocycles. The molecular formula is C22H24N2O4. The molecule has 3 rings (SSSR count). The predicted molar refractivity (Wildman–Crippen MR) is 107 cm³/mol. The van der Waals surface area contributed by atoms with E-state index in [0.717, 1.165) is 12.8 Å². The molecule has 2 amide bonds. The molecule has 0 spiro atoms. The largest absolute Gasteiger partial charge is 0.494 e. The summed E-state index contributed by atoms with van der Waals surface area (Å²) < 4.78 is 5.35. The zero-order chi connectivity index (χ0) is 19.9. The van der Waals surface area contributed by atoms with Crippen molar-refractivity contribution in [1.29, 1.82) is 0 Å². The van der Waals surface area contributed by atoms with Crippen LogP contribution in [0.5, 0.6) is 5.75 Å². The Labute approximate surface area is 164 Å². The molecule has 2 N–H and O–H groups in total. The van der Waals surface area contributed by atoms with Gasteiger partial charge in [0.05, 0.1) is 6.61 Å². The van der Waals surface area contributed by atoms with Crippen molar-refractivity contribution >= 4 is 23.3 Å². The van der Waals surface area contributed by atoms with Gasteiger partial charge in [0.2, 0.25) is 5.91 Å². The van der Waals surface area contributed by atoms with Crippen LogP contribution in [0.2, 0.25) is 0 Å². The summed E-state index contributed by atoms with van der Waals surface area (Å²) in [5.41, 5.74) is 1.60. The number of ketones is 1. The van der Waals surface area contributed by atoms with Gasteiger partial charge in [-0.1, -0.05) is 6.07 Å². The highest BCUT2D eigenvalue weighted by molar-refractivity contribution is 6.01. The molecular weight excluding hydrogens is 356 g/mol. The van der Waals surface area contributed by atoms with Gasteiger partial charge >= 0.3 is 0 Å². The zero-order valence-electron chi connectivity index (χ0n) is 15.9. The first-order chi connectivity index (χ1) is 13.5. The van der Waals surface area contributed by atoms with Gasteiger partial charge in [-0.15, -0.1) is 0 Å². The molecule has 0 unspecified atom stereocenters. The van der Waals surface area contributed by atoms with Gasteiger partial charge in [0.1, 0.15) is 5.75 Å². The van der Waals surface area contributed by atoms with Crippen molar-refractivity contribution in [3.63, 3.8) is 0 Å². The fourth-order valence-corrected chi connectivity index (χ4v) is 2.73. The second kappa shape index (κ2) is 9.17. The third kappa shape index (κ3) is 5.67. The molecule has 0 heterocycles. The summed E-state index contributed by atoms with van der Waals surface area (Å²) in [4.78, 5) is 36.5. The van der Waals surface area contributed by atoms with Crippen LogP contribution in [0.4, 0.5) is 5.69 Å². The summed E-state index contributed by atoms with van der Waals surface area (Å²) in [6.45, 7) is 2.46. The van der Waals surface area contributed by atoms with Crippen molar-refractivity contribution in [2.75, 3.05) is 11.9 Å². The Hall–Kier alpha value is -3.15. The van der Waals surface area contributed by atoms with Crippen molar-refractivity contribution in [2.45, 2.75) is 38.6 Å². The number of Topliss-reactive ketones (excluding diaryl/α,β-unsaturated/α-hetero) is 1. The van der Waals surface area contributed by atoms with Gasteiger partial charge in [0.25, 0.3) is 5.91 Å². The minimum absolute atomic E-state index is 0.0740. The molecule has 28 heavy (non-hydrogen) atoms. The van der Waals surface area contributed by atoms with Crippen LogP contribution in [0.15, 0.2) is 48.5 Å². The second-order valence-electron chi connectivity index (χ2n) is 6.76. The topological polar surface area (TPSA) is 84.5 Å². The van der Waals surface area contributed by atoms with Gasteiger partial charge in [-0.3, -0.25) is 14.4 Å². The summed E-state index contributed by atoms with van der Waals surface area (Å²) in [5, 5.41) is 5.66. The summed E-state index contributed by atoms with van der Waals surface area (Å²) >= 11 is 0. The fraction of sp³-hybridized carbons (Fsp3) is 0.318. The van der Waals surface area contributed by atoms with Crippen LogP contribution < -0.4 is 15.4 Å². The number of benzene rings is 2. The van der Waals surface area contributed by atoms with Crippen LogP contribution >= 0.6 is 0 Å². The summed E-state index contributed by atoms with van der Waals surface area (Å²) in [6, 6.07) is 14.0. The molecule has 0 saturated heterocycles. The minimum atomic E-state index is -0.265. The van der Waals surface area contributed by atoms with Gasteiger partial charge in [-0.05, 0) is 62.2 Å². The average molecular weight is 380 g/mol. The quantitative estimate of drug-likeness (QED) is 0.651. The van der Waals surface area contributed by atoms with Crippen LogP contribution in [0.1, 0.15) is 53.3 Å². The first-order valence-corrected chi connectivity index (χ1v) is 9.52. The first-order valence-electron chi connectivity index (χ1n) is 9.52. The third-order valence-corrected chi connectivity index (χ3v) is 4.39. The van der Waals surface area contributed by atoms with E-state index >= 15 is 0 Å². The van der Waals surface area contributed by atoms with E-state index < -0.39 is 0 Å². The zero-order valence-corrected chi connectivity index (χ0v) is 15.9. The number of carbonyl (C=O) groups is 3. The Bertz CT molecular complexity index is 857. The maximum absolute atomic E-state index is 12.2. The van der Waals surface area contributed by atoms with Gasteiger partial charge in [-0.2, -0.15) is 0 Å². The molecule has 0 atom stereocenters. The number of hydrogen-bond donors (Lipinski definition) is 2. The van der Waals surface area contributed by atoms with E-state index in [0.29, 0.717) is 29.2 Å². The summed E-state index contributed by atoms with van der Waals surface area (Å²) in [6.07, 6.45) is 2.22. The van der Waals surface area contributed by atoms with Crippen molar-refractivity contribution in [2.24, 2.45) is 0 Å². The number of ether oxygens (including phenoxy) is 1.